The van der Waals surface area contributed by atoms with Gasteiger partial charge >= 0.3 is 0 Å². The number of amides is 3. The van der Waals surface area contributed by atoms with E-state index in [-0.39, 0.29) is 29.3 Å². The smallest absolute Gasteiger partial charge is 0.265 e. The van der Waals surface area contributed by atoms with Crippen LogP contribution in [-0.4, -0.2) is 30.4 Å². The molecule has 1 aromatic rings. The number of fused-ring (bicyclic) bond motifs is 1. The molecule has 1 unspecified atom stereocenters. The number of halogens is 1. The Bertz CT molecular complexity index is 741. The highest BCUT2D eigenvalue weighted by molar-refractivity contribution is 6.37. The average Bonchev–Trinajstić information content (AvgIpc) is 2.86. The molecule has 1 atom stereocenters. The Morgan fingerprint density at radius 1 is 1.17 bits per heavy atom. The van der Waals surface area contributed by atoms with Crippen LogP contribution in [0.4, 0.5) is 11.4 Å². The van der Waals surface area contributed by atoms with Gasteiger partial charge in [0, 0.05) is 24.3 Å². The highest BCUT2D eigenvalue weighted by atomic mass is 35.5. The first kappa shape index (κ1) is 16.5. The van der Waals surface area contributed by atoms with Crippen molar-refractivity contribution in [2.75, 3.05) is 16.4 Å². The number of nitrogens with zero attached hydrogens (tertiary/aromatic N) is 2. The third kappa shape index (κ3) is 2.67. The zero-order valence-electron chi connectivity index (χ0n) is 13.4. The van der Waals surface area contributed by atoms with E-state index < -0.39 is 11.8 Å². The molecule has 0 N–H and O–H groups in total. The Hall–Kier alpha value is -2.34. The second kappa shape index (κ2) is 6.28. The minimum Gasteiger partial charge on any atom is -0.482 e. The van der Waals surface area contributed by atoms with Crippen molar-refractivity contribution in [1.29, 1.82) is 0 Å². The molecular formula is C17H17ClN2O4. The highest BCUT2D eigenvalue weighted by Crippen LogP contribution is 2.42. The fourth-order valence-electron chi connectivity index (χ4n) is 3.02. The molecule has 126 valence electrons. The van der Waals surface area contributed by atoms with E-state index in [1.54, 1.807) is 17.0 Å². The molecule has 0 saturated heterocycles. The van der Waals surface area contributed by atoms with Gasteiger partial charge in [-0.25, -0.2) is 4.90 Å². The number of ether oxygens (including phenoxy) is 1. The molecule has 3 rings (SSSR count). The van der Waals surface area contributed by atoms with Crippen molar-refractivity contribution in [3.8, 4) is 5.75 Å². The molecule has 0 spiro atoms. The van der Waals surface area contributed by atoms with Crippen molar-refractivity contribution in [2.24, 2.45) is 0 Å². The number of benzene rings is 1. The molecule has 2 aliphatic rings. The first-order chi connectivity index (χ1) is 11.4. The monoisotopic (exact) mass is 348 g/mol. The molecule has 0 saturated carbocycles. The number of anilines is 2. The van der Waals surface area contributed by atoms with Crippen molar-refractivity contribution in [3.63, 3.8) is 0 Å². The van der Waals surface area contributed by atoms with Crippen molar-refractivity contribution < 1.29 is 19.1 Å². The van der Waals surface area contributed by atoms with Gasteiger partial charge in [-0.3, -0.25) is 14.4 Å². The molecule has 2 heterocycles. The predicted molar refractivity (Wildman–Crippen MR) is 90.4 cm³/mol. The van der Waals surface area contributed by atoms with E-state index in [0.29, 0.717) is 11.4 Å². The Morgan fingerprint density at radius 3 is 2.46 bits per heavy atom. The molecule has 0 bridgehead atoms. The fourth-order valence-corrected chi connectivity index (χ4v) is 3.26. The van der Waals surface area contributed by atoms with Crippen LogP contribution in [0.2, 0.25) is 5.02 Å². The molecule has 6 nitrogen and oxygen atoms in total. The molecular weight excluding hydrogens is 332 g/mol. The van der Waals surface area contributed by atoms with E-state index in [9.17, 15) is 14.4 Å². The molecule has 1 aromatic carbocycles. The lowest BCUT2D eigenvalue weighted by molar-refractivity contribution is -0.122. The van der Waals surface area contributed by atoms with E-state index in [1.165, 1.54) is 12.2 Å². The second-order valence-electron chi connectivity index (χ2n) is 5.81. The van der Waals surface area contributed by atoms with Crippen molar-refractivity contribution in [1.82, 2.24) is 0 Å². The summed E-state index contributed by atoms with van der Waals surface area (Å²) in [5, 5.41) is 0.219. The fraction of sp³-hybridized carbons (Fsp3) is 0.353. The predicted octanol–water partition coefficient (Wildman–Crippen LogP) is 2.68. The maximum absolute atomic E-state index is 12.3. The Balaban J connectivity index is 2.08. The summed E-state index contributed by atoms with van der Waals surface area (Å²) in [5.74, 6) is -0.608. The summed E-state index contributed by atoms with van der Waals surface area (Å²) < 4.78 is 5.47. The number of carbonyl (C=O) groups excluding carboxylic acids is 3. The zero-order chi connectivity index (χ0) is 17.4. The first-order valence-corrected chi connectivity index (χ1v) is 8.16. The largest absolute Gasteiger partial charge is 0.482 e. The molecule has 3 amide bonds. The molecule has 2 aliphatic heterocycles. The summed E-state index contributed by atoms with van der Waals surface area (Å²) in [6, 6.07) is 3.09. The van der Waals surface area contributed by atoms with Crippen LogP contribution >= 0.6 is 11.6 Å². The second-order valence-corrected chi connectivity index (χ2v) is 6.21. The number of rotatable bonds is 4. The van der Waals surface area contributed by atoms with E-state index in [0.717, 1.165) is 17.7 Å². The summed E-state index contributed by atoms with van der Waals surface area (Å²) in [4.78, 5) is 38.8. The van der Waals surface area contributed by atoms with E-state index in [4.69, 9.17) is 16.3 Å². The highest BCUT2D eigenvalue weighted by Gasteiger charge is 2.33. The van der Waals surface area contributed by atoms with Crippen LogP contribution in [0.5, 0.6) is 5.75 Å². The van der Waals surface area contributed by atoms with Gasteiger partial charge in [-0.05, 0) is 19.4 Å². The van der Waals surface area contributed by atoms with Gasteiger partial charge in [-0.15, -0.1) is 0 Å². The van der Waals surface area contributed by atoms with Crippen molar-refractivity contribution in [2.45, 2.75) is 32.7 Å². The quantitative estimate of drug-likeness (QED) is 0.785. The Morgan fingerprint density at radius 2 is 1.83 bits per heavy atom. The van der Waals surface area contributed by atoms with Gasteiger partial charge in [0.2, 0.25) is 0 Å². The molecule has 0 fully saturated rings. The molecule has 0 aromatic heterocycles. The van der Waals surface area contributed by atoms with Crippen LogP contribution in [0.3, 0.4) is 0 Å². The Kier molecular flexibility index (Phi) is 4.32. The lowest BCUT2D eigenvalue weighted by atomic mass is 10.1. The van der Waals surface area contributed by atoms with Gasteiger partial charge in [0.15, 0.2) is 6.61 Å². The summed E-state index contributed by atoms with van der Waals surface area (Å²) in [6.45, 7) is 3.95. The number of imide groups is 1. The van der Waals surface area contributed by atoms with Gasteiger partial charge < -0.3 is 9.64 Å². The van der Waals surface area contributed by atoms with Crippen LogP contribution < -0.4 is 14.5 Å². The summed E-state index contributed by atoms with van der Waals surface area (Å²) in [5.41, 5.74) is 0.779. The standard InChI is InChI=1S/C17H17ClN2O4/c1-3-4-10(2)19-13-8-12(20-15(21)5-6-16(20)22)11(18)7-14(13)24-9-17(19)23/h5-8,10H,3-4,9H2,1-2H3. The van der Waals surface area contributed by atoms with Crippen LogP contribution in [-0.2, 0) is 14.4 Å². The number of hydrogen-bond donors (Lipinski definition) is 0. The molecule has 0 radical (unpaired) electrons. The van der Waals surface area contributed by atoms with Gasteiger partial charge in [0.05, 0.1) is 16.4 Å². The summed E-state index contributed by atoms with van der Waals surface area (Å²) >= 11 is 6.24. The van der Waals surface area contributed by atoms with Crippen LogP contribution in [0.25, 0.3) is 0 Å². The van der Waals surface area contributed by atoms with Crippen LogP contribution in [0.15, 0.2) is 24.3 Å². The Labute approximate surface area is 144 Å². The van der Waals surface area contributed by atoms with Crippen LogP contribution in [0, 0.1) is 0 Å². The minimum absolute atomic E-state index is 0.0257. The summed E-state index contributed by atoms with van der Waals surface area (Å²) in [6.07, 6.45) is 4.13. The van der Waals surface area contributed by atoms with E-state index in [2.05, 4.69) is 0 Å². The topological polar surface area (TPSA) is 66.9 Å². The normalized spacial score (nSPS) is 18.0. The minimum atomic E-state index is -0.460. The zero-order valence-corrected chi connectivity index (χ0v) is 14.2. The maximum Gasteiger partial charge on any atom is 0.265 e. The van der Waals surface area contributed by atoms with Gasteiger partial charge in [0.25, 0.3) is 17.7 Å². The van der Waals surface area contributed by atoms with Crippen LogP contribution in [0.1, 0.15) is 26.7 Å². The third-order valence-electron chi connectivity index (χ3n) is 4.11. The molecule has 7 heteroatoms. The third-order valence-corrected chi connectivity index (χ3v) is 4.41. The average molecular weight is 349 g/mol. The lowest BCUT2D eigenvalue weighted by Crippen LogP contribution is -2.44. The lowest BCUT2D eigenvalue weighted by Gasteiger charge is -2.35. The van der Waals surface area contributed by atoms with Gasteiger partial charge in [-0.1, -0.05) is 24.9 Å². The maximum atomic E-state index is 12.3. The van der Waals surface area contributed by atoms with Gasteiger partial charge in [0.1, 0.15) is 5.75 Å². The SMILES string of the molecule is CCCC(C)N1C(=O)COc2cc(Cl)c(N3C(=O)C=CC3=O)cc21. The summed E-state index contributed by atoms with van der Waals surface area (Å²) in [7, 11) is 0. The van der Waals surface area contributed by atoms with E-state index >= 15 is 0 Å². The number of hydrogen-bond acceptors (Lipinski definition) is 4. The van der Waals surface area contributed by atoms with Crippen molar-refractivity contribution >= 4 is 40.7 Å². The molecule has 0 aliphatic carbocycles. The number of carbonyl (C=O) groups is 3. The first-order valence-electron chi connectivity index (χ1n) is 7.78. The van der Waals surface area contributed by atoms with Gasteiger partial charge in [-0.2, -0.15) is 0 Å². The van der Waals surface area contributed by atoms with E-state index in [1.807, 2.05) is 13.8 Å². The molecule has 24 heavy (non-hydrogen) atoms. The van der Waals surface area contributed by atoms with Crippen molar-refractivity contribution in [3.05, 3.63) is 29.3 Å².